The summed E-state index contributed by atoms with van der Waals surface area (Å²) < 4.78 is 12.9. The van der Waals surface area contributed by atoms with E-state index in [-0.39, 0.29) is 17.3 Å². The van der Waals surface area contributed by atoms with Crippen molar-refractivity contribution in [3.63, 3.8) is 0 Å². The molecule has 2 aromatic rings. The van der Waals surface area contributed by atoms with Crippen LogP contribution in [0.3, 0.4) is 0 Å². The van der Waals surface area contributed by atoms with Crippen LogP contribution in [0.5, 0.6) is 0 Å². The molecule has 1 fully saturated rings. The molecule has 4 heteroatoms. The average Bonchev–Trinajstić information content (AvgIpc) is 2.48. The normalized spacial score (nSPS) is 19.4. The van der Waals surface area contributed by atoms with E-state index in [1.54, 1.807) is 0 Å². The molecule has 2 aromatic carbocycles. The summed E-state index contributed by atoms with van der Waals surface area (Å²) in [6.07, 6.45) is 0.884. The minimum Gasteiger partial charge on any atom is -0.344 e. The number of halogens is 1. The van der Waals surface area contributed by atoms with Crippen molar-refractivity contribution in [2.45, 2.75) is 18.5 Å². The molecule has 0 aliphatic carbocycles. The first-order valence-electron chi connectivity index (χ1n) is 7.51. The third-order valence-corrected chi connectivity index (χ3v) is 4.54. The molecule has 0 aromatic heterocycles. The van der Waals surface area contributed by atoms with Gasteiger partial charge in [0.1, 0.15) is 5.82 Å². The van der Waals surface area contributed by atoms with Crippen molar-refractivity contribution >= 4 is 5.91 Å². The van der Waals surface area contributed by atoms with E-state index in [1.165, 1.54) is 12.1 Å². The first-order valence-corrected chi connectivity index (χ1v) is 7.51. The summed E-state index contributed by atoms with van der Waals surface area (Å²) in [4.78, 5) is 14.5. The van der Waals surface area contributed by atoms with Gasteiger partial charge in [0.2, 0.25) is 0 Å². The maximum Gasteiger partial charge on any atom is 0.252 e. The third kappa shape index (κ3) is 2.29. The van der Waals surface area contributed by atoms with Gasteiger partial charge in [0.25, 0.3) is 5.91 Å². The average molecular weight is 296 g/mol. The van der Waals surface area contributed by atoms with Crippen molar-refractivity contribution < 1.29 is 9.18 Å². The number of amides is 1. The van der Waals surface area contributed by atoms with Crippen molar-refractivity contribution in [2.24, 2.45) is 0 Å². The third-order valence-electron chi connectivity index (χ3n) is 4.54. The Balaban J connectivity index is 1.45. The molecule has 0 saturated carbocycles. The smallest absolute Gasteiger partial charge is 0.252 e. The minimum atomic E-state index is -0.208. The highest BCUT2D eigenvalue weighted by molar-refractivity contribution is 5.97. The van der Waals surface area contributed by atoms with Gasteiger partial charge in [0, 0.05) is 25.2 Å². The second-order valence-corrected chi connectivity index (χ2v) is 6.34. The molecule has 22 heavy (non-hydrogen) atoms. The summed E-state index contributed by atoms with van der Waals surface area (Å²) in [7, 11) is 0. The Morgan fingerprint density at radius 1 is 1.09 bits per heavy atom. The van der Waals surface area contributed by atoms with Gasteiger partial charge in [-0.1, -0.05) is 30.3 Å². The summed E-state index contributed by atoms with van der Waals surface area (Å²) in [5, 5.41) is 3.17. The lowest BCUT2D eigenvalue weighted by atomic mass is 9.78. The Labute approximate surface area is 128 Å². The topological polar surface area (TPSA) is 32.3 Å². The fourth-order valence-electron chi connectivity index (χ4n) is 3.57. The Morgan fingerprint density at radius 3 is 2.59 bits per heavy atom. The molecule has 1 amide bonds. The maximum atomic E-state index is 12.9. The maximum absolute atomic E-state index is 12.9. The molecular weight excluding hydrogens is 279 g/mol. The lowest BCUT2D eigenvalue weighted by Gasteiger charge is -2.52. The van der Waals surface area contributed by atoms with Gasteiger partial charge in [-0.05, 0) is 35.7 Å². The van der Waals surface area contributed by atoms with Crippen LogP contribution in [-0.2, 0) is 13.0 Å². The van der Waals surface area contributed by atoms with Crippen molar-refractivity contribution in [1.82, 2.24) is 10.2 Å². The highest BCUT2D eigenvalue weighted by atomic mass is 19.1. The first-order chi connectivity index (χ1) is 10.6. The minimum absolute atomic E-state index is 0.0308. The number of carbonyl (C=O) groups excluding carboxylic acids is 1. The van der Waals surface area contributed by atoms with Crippen LogP contribution in [0.4, 0.5) is 4.39 Å². The first kappa shape index (κ1) is 13.5. The number of nitrogens with zero attached hydrogens (tertiary/aromatic N) is 1. The van der Waals surface area contributed by atoms with Gasteiger partial charge >= 0.3 is 0 Å². The van der Waals surface area contributed by atoms with Crippen molar-refractivity contribution in [2.75, 3.05) is 13.1 Å². The number of rotatable bonds is 2. The van der Waals surface area contributed by atoms with Crippen LogP contribution in [0.15, 0.2) is 48.5 Å². The Morgan fingerprint density at radius 2 is 1.82 bits per heavy atom. The van der Waals surface area contributed by atoms with Crippen LogP contribution in [0.25, 0.3) is 0 Å². The molecule has 0 radical (unpaired) electrons. The monoisotopic (exact) mass is 296 g/mol. The number of benzene rings is 2. The van der Waals surface area contributed by atoms with E-state index in [2.05, 4.69) is 10.2 Å². The fraction of sp³-hybridized carbons (Fsp3) is 0.278. The second-order valence-electron chi connectivity index (χ2n) is 6.34. The molecule has 2 aliphatic rings. The van der Waals surface area contributed by atoms with E-state index >= 15 is 0 Å². The van der Waals surface area contributed by atoms with Crippen LogP contribution >= 0.6 is 0 Å². The van der Waals surface area contributed by atoms with E-state index in [9.17, 15) is 9.18 Å². The van der Waals surface area contributed by atoms with Crippen LogP contribution in [-0.4, -0.2) is 29.4 Å². The Hall–Kier alpha value is -2.20. The molecular formula is C18H17FN2O. The number of hydrogen-bond donors (Lipinski definition) is 1. The standard InChI is InChI=1S/C18H17FN2O/c19-15-7-5-13(6-8-15)10-21-11-18(12-21)9-14-3-1-2-4-16(14)17(22)20-18/h1-8H,9-12H2,(H,20,22). The number of fused-ring (bicyclic) bond motifs is 1. The zero-order valence-electron chi connectivity index (χ0n) is 12.2. The quantitative estimate of drug-likeness (QED) is 0.923. The van der Waals surface area contributed by atoms with Crippen molar-refractivity contribution in [3.8, 4) is 0 Å². The van der Waals surface area contributed by atoms with Gasteiger partial charge in [-0.25, -0.2) is 4.39 Å². The van der Waals surface area contributed by atoms with Gasteiger partial charge in [0.15, 0.2) is 0 Å². The number of hydrogen-bond acceptors (Lipinski definition) is 2. The molecule has 1 N–H and O–H groups in total. The predicted octanol–water partition coefficient (Wildman–Crippen LogP) is 2.37. The van der Waals surface area contributed by atoms with E-state index < -0.39 is 0 Å². The van der Waals surface area contributed by atoms with Gasteiger partial charge in [0.05, 0.1) is 5.54 Å². The van der Waals surface area contributed by atoms with Crippen LogP contribution in [0.2, 0.25) is 0 Å². The van der Waals surface area contributed by atoms with E-state index in [4.69, 9.17) is 0 Å². The van der Waals surface area contributed by atoms with E-state index in [0.29, 0.717) is 0 Å². The molecule has 0 atom stereocenters. The molecule has 4 rings (SSSR count). The largest absolute Gasteiger partial charge is 0.344 e. The fourth-order valence-corrected chi connectivity index (χ4v) is 3.57. The van der Waals surface area contributed by atoms with Crippen molar-refractivity contribution in [1.29, 1.82) is 0 Å². The highest BCUT2D eigenvalue weighted by Gasteiger charge is 2.46. The van der Waals surface area contributed by atoms with Crippen LogP contribution in [0.1, 0.15) is 21.5 Å². The summed E-state index contributed by atoms with van der Waals surface area (Å²) in [6, 6.07) is 14.4. The molecule has 3 nitrogen and oxygen atoms in total. The molecule has 2 heterocycles. The van der Waals surface area contributed by atoms with E-state index in [0.717, 1.165) is 42.7 Å². The van der Waals surface area contributed by atoms with Crippen LogP contribution in [0, 0.1) is 5.82 Å². The zero-order chi connectivity index (χ0) is 15.2. The molecule has 0 bridgehead atoms. The summed E-state index contributed by atoms with van der Waals surface area (Å²) >= 11 is 0. The van der Waals surface area contributed by atoms with Crippen LogP contribution < -0.4 is 5.32 Å². The second kappa shape index (κ2) is 4.92. The Kier molecular flexibility index (Phi) is 3.01. The Bertz CT molecular complexity index is 720. The SMILES string of the molecule is O=C1NC2(Cc3ccccc31)CN(Cc1ccc(F)cc1)C2. The molecule has 0 unspecified atom stereocenters. The highest BCUT2D eigenvalue weighted by Crippen LogP contribution is 2.31. The lowest BCUT2D eigenvalue weighted by Crippen LogP contribution is -2.72. The van der Waals surface area contributed by atoms with Gasteiger partial charge in [-0.15, -0.1) is 0 Å². The van der Waals surface area contributed by atoms with Gasteiger partial charge in [-0.3, -0.25) is 9.69 Å². The summed E-state index contributed by atoms with van der Waals surface area (Å²) in [6.45, 7) is 2.47. The number of nitrogens with one attached hydrogen (secondary N) is 1. The molecule has 112 valence electrons. The number of likely N-dealkylation sites (tertiary alicyclic amines) is 1. The molecule has 2 aliphatic heterocycles. The predicted molar refractivity (Wildman–Crippen MR) is 82.0 cm³/mol. The van der Waals surface area contributed by atoms with Gasteiger partial charge in [-0.2, -0.15) is 0 Å². The summed E-state index contributed by atoms with van der Waals surface area (Å²) in [5.41, 5.74) is 2.89. The lowest BCUT2D eigenvalue weighted by molar-refractivity contribution is 0.0277. The zero-order valence-corrected chi connectivity index (χ0v) is 12.2. The summed E-state index contributed by atoms with van der Waals surface area (Å²) in [5.74, 6) is -0.178. The van der Waals surface area contributed by atoms with E-state index in [1.807, 2.05) is 36.4 Å². The number of carbonyl (C=O) groups is 1. The molecule has 1 spiro atoms. The van der Waals surface area contributed by atoms with Crippen molar-refractivity contribution in [3.05, 3.63) is 71.0 Å². The molecule has 1 saturated heterocycles. The van der Waals surface area contributed by atoms with Gasteiger partial charge < -0.3 is 5.32 Å².